The van der Waals surface area contributed by atoms with Crippen LogP contribution in [-0.2, 0) is 6.42 Å². The van der Waals surface area contributed by atoms with Crippen LogP contribution in [0.1, 0.15) is 35.6 Å². The molecule has 66 valence electrons. The standard InChI is InChI=1S/C12H13N/c1-2-9-6-7-11-10(8-9)4-3-5-12(11)13/h1,6-8,12H,3-5,13H2/t12-/m1/s1. The Morgan fingerprint density at radius 3 is 3.08 bits per heavy atom. The fraction of sp³-hybridized carbons (Fsp3) is 0.333. The molecule has 1 aliphatic rings. The molecule has 13 heavy (non-hydrogen) atoms. The van der Waals surface area contributed by atoms with Gasteiger partial charge in [0.05, 0.1) is 0 Å². The summed E-state index contributed by atoms with van der Waals surface area (Å²) < 4.78 is 0. The average molecular weight is 171 g/mol. The zero-order chi connectivity index (χ0) is 9.26. The molecule has 0 spiro atoms. The Labute approximate surface area is 79.0 Å². The Bertz CT molecular complexity index is 360. The molecular formula is C12H13N. The van der Waals surface area contributed by atoms with Crippen molar-refractivity contribution in [3.05, 3.63) is 34.9 Å². The summed E-state index contributed by atoms with van der Waals surface area (Å²) in [7, 11) is 0. The number of terminal acetylenes is 1. The van der Waals surface area contributed by atoms with Crippen molar-refractivity contribution in [2.45, 2.75) is 25.3 Å². The maximum Gasteiger partial charge on any atom is 0.0297 e. The van der Waals surface area contributed by atoms with Crippen molar-refractivity contribution in [2.75, 3.05) is 0 Å². The second kappa shape index (κ2) is 3.24. The van der Waals surface area contributed by atoms with E-state index in [4.69, 9.17) is 12.2 Å². The van der Waals surface area contributed by atoms with E-state index in [0.717, 1.165) is 18.4 Å². The summed E-state index contributed by atoms with van der Waals surface area (Å²) in [5.41, 5.74) is 9.58. The summed E-state index contributed by atoms with van der Waals surface area (Å²) in [6, 6.07) is 6.36. The highest BCUT2D eigenvalue weighted by atomic mass is 14.6. The van der Waals surface area contributed by atoms with Gasteiger partial charge in [0.1, 0.15) is 0 Å². The molecule has 0 saturated heterocycles. The average Bonchev–Trinajstić information content (AvgIpc) is 2.18. The smallest absolute Gasteiger partial charge is 0.0297 e. The minimum Gasteiger partial charge on any atom is -0.324 e. The van der Waals surface area contributed by atoms with Crippen LogP contribution in [-0.4, -0.2) is 0 Å². The highest BCUT2D eigenvalue weighted by molar-refractivity contribution is 5.42. The van der Waals surface area contributed by atoms with Gasteiger partial charge in [-0.05, 0) is 42.5 Å². The summed E-state index contributed by atoms with van der Waals surface area (Å²) in [4.78, 5) is 0. The van der Waals surface area contributed by atoms with Gasteiger partial charge >= 0.3 is 0 Å². The van der Waals surface area contributed by atoms with Gasteiger partial charge in [0, 0.05) is 11.6 Å². The fourth-order valence-electron chi connectivity index (χ4n) is 1.94. The lowest BCUT2D eigenvalue weighted by atomic mass is 9.87. The Balaban J connectivity index is 2.47. The first-order valence-electron chi connectivity index (χ1n) is 4.66. The van der Waals surface area contributed by atoms with Gasteiger partial charge in [-0.15, -0.1) is 6.42 Å². The van der Waals surface area contributed by atoms with Gasteiger partial charge in [0.15, 0.2) is 0 Å². The third-order valence-corrected chi connectivity index (χ3v) is 2.67. The largest absolute Gasteiger partial charge is 0.324 e. The minimum absolute atomic E-state index is 0.218. The van der Waals surface area contributed by atoms with Crippen LogP contribution in [0.2, 0.25) is 0 Å². The molecule has 0 saturated carbocycles. The molecule has 0 unspecified atom stereocenters. The molecule has 0 bridgehead atoms. The van der Waals surface area contributed by atoms with Crippen LogP contribution in [0.5, 0.6) is 0 Å². The monoisotopic (exact) mass is 171 g/mol. The lowest BCUT2D eigenvalue weighted by molar-refractivity contribution is 0.570. The SMILES string of the molecule is C#Cc1ccc2c(c1)CCC[C@H]2N. The van der Waals surface area contributed by atoms with E-state index in [9.17, 15) is 0 Å². The molecule has 1 aliphatic carbocycles. The molecule has 2 N–H and O–H groups in total. The number of nitrogens with two attached hydrogens (primary N) is 1. The zero-order valence-electron chi connectivity index (χ0n) is 7.59. The van der Waals surface area contributed by atoms with Gasteiger partial charge < -0.3 is 5.73 Å². The lowest BCUT2D eigenvalue weighted by Gasteiger charge is -2.22. The fourth-order valence-corrected chi connectivity index (χ4v) is 1.94. The van der Waals surface area contributed by atoms with E-state index in [1.165, 1.54) is 17.5 Å². The minimum atomic E-state index is 0.218. The predicted octanol–water partition coefficient (Wildman–Crippen LogP) is 2.00. The van der Waals surface area contributed by atoms with Crippen molar-refractivity contribution >= 4 is 0 Å². The first-order valence-corrected chi connectivity index (χ1v) is 4.66. The van der Waals surface area contributed by atoms with E-state index >= 15 is 0 Å². The van der Waals surface area contributed by atoms with Crippen molar-refractivity contribution < 1.29 is 0 Å². The molecular weight excluding hydrogens is 158 g/mol. The van der Waals surface area contributed by atoms with E-state index in [-0.39, 0.29) is 6.04 Å². The van der Waals surface area contributed by atoms with Gasteiger partial charge in [0.2, 0.25) is 0 Å². The normalized spacial score (nSPS) is 20.5. The Morgan fingerprint density at radius 2 is 2.31 bits per heavy atom. The second-order valence-corrected chi connectivity index (χ2v) is 3.56. The zero-order valence-corrected chi connectivity index (χ0v) is 7.59. The third kappa shape index (κ3) is 1.46. The van der Waals surface area contributed by atoms with E-state index in [2.05, 4.69) is 18.1 Å². The van der Waals surface area contributed by atoms with Gasteiger partial charge in [-0.25, -0.2) is 0 Å². The van der Waals surface area contributed by atoms with Gasteiger partial charge in [-0.2, -0.15) is 0 Å². The van der Waals surface area contributed by atoms with Crippen LogP contribution in [0.3, 0.4) is 0 Å². The van der Waals surface area contributed by atoms with Crippen molar-refractivity contribution in [2.24, 2.45) is 5.73 Å². The first kappa shape index (κ1) is 8.34. The Kier molecular flexibility index (Phi) is 2.08. The molecule has 2 rings (SSSR count). The molecule has 1 atom stereocenters. The molecule has 1 nitrogen and oxygen atoms in total. The predicted molar refractivity (Wildman–Crippen MR) is 54.2 cm³/mol. The highest BCUT2D eigenvalue weighted by Gasteiger charge is 2.15. The van der Waals surface area contributed by atoms with Crippen LogP contribution in [0, 0.1) is 12.3 Å². The maximum absolute atomic E-state index is 5.99. The number of rotatable bonds is 0. The summed E-state index contributed by atoms with van der Waals surface area (Å²) in [6.45, 7) is 0. The van der Waals surface area contributed by atoms with Crippen molar-refractivity contribution in [3.8, 4) is 12.3 Å². The van der Waals surface area contributed by atoms with Crippen LogP contribution < -0.4 is 5.73 Å². The second-order valence-electron chi connectivity index (χ2n) is 3.56. The van der Waals surface area contributed by atoms with E-state index in [1.54, 1.807) is 0 Å². The molecule has 0 amide bonds. The first-order chi connectivity index (χ1) is 6.31. The van der Waals surface area contributed by atoms with E-state index < -0.39 is 0 Å². The van der Waals surface area contributed by atoms with Gasteiger partial charge in [-0.1, -0.05) is 12.0 Å². The summed E-state index contributed by atoms with van der Waals surface area (Å²) in [5, 5.41) is 0. The van der Waals surface area contributed by atoms with Crippen molar-refractivity contribution in [1.82, 2.24) is 0 Å². The molecule has 0 aromatic heterocycles. The number of hydrogen-bond acceptors (Lipinski definition) is 1. The summed E-state index contributed by atoms with van der Waals surface area (Å²) in [5.74, 6) is 2.65. The molecule has 1 aromatic carbocycles. The van der Waals surface area contributed by atoms with Crippen molar-refractivity contribution in [1.29, 1.82) is 0 Å². The third-order valence-electron chi connectivity index (χ3n) is 2.67. The number of hydrogen-bond donors (Lipinski definition) is 1. The van der Waals surface area contributed by atoms with Gasteiger partial charge in [0.25, 0.3) is 0 Å². The Hall–Kier alpha value is -1.26. The molecule has 0 fully saturated rings. The highest BCUT2D eigenvalue weighted by Crippen LogP contribution is 2.28. The summed E-state index contributed by atoms with van der Waals surface area (Å²) in [6.07, 6.45) is 8.74. The quantitative estimate of drug-likeness (QED) is 0.594. The van der Waals surface area contributed by atoms with Gasteiger partial charge in [-0.3, -0.25) is 0 Å². The molecule has 0 radical (unpaired) electrons. The van der Waals surface area contributed by atoms with Crippen molar-refractivity contribution in [3.63, 3.8) is 0 Å². The maximum atomic E-state index is 5.99. The molecule has 0 aliphatic heterocycles. The van der Waals surface area contributed by atoms with Crippen LogP contribution >= 0.6 is 0 Å². The lowest BCUT2D eigenvalue weighted by Crippen LogP contribution is -2.17. The number of aryl methyl sites for hydroxylation is 1. The molecule has 0 heterocycles. The Morgan fingerprint density at radius 1 is 1.46 bits per heavy atom. The summed E-state index contributed by atoms with van der Waals surface area (Å²) >= 11 is 0. The molecule has 1 aromatic rings. The topological polar surface area (TPSA) is 26.0 Å². The molecule has 1 heteroatoms. The van der Waals surface area contributed by atoms with Crippen LogP contribution in [0.15, 0.2) is 18.2 Å². The van der Waals surface area contributed by atoms with E-state index in [0.29, 0.717) is 0 Å². The van der Waals surface area contributed by atoms with Crippen LogP contribution in [0.25, 0.3) is 0 Å². The number of fused-ring (bicyclic) bond motifs is 1. The van der Waals surface area contributed by atoms with E-state index in [1.807, 2.05) is 6.07 Å². The number of benzene rings is 1. The van der Waals surface area contributed by atoms with Crippen LogP contribution in [0.4, 0.5) is 0 Å².